The first-order chi connectivity index (χ1) is 9.84. The molecule has 6 heteroatoms. The number of nitrogens with one attached hydrogen (secondary N) is 1. The van der Waals surface area contributed by atoms with Gasteiger partial charge in [0, 0.05) is 15.6 Å². The number of anilines is 1. The maximum atomic E-state index is 13.8. The third kappa shape index (κ3) is 3.12. The highest BCUT2D eigenvalue weighted by molar-refractivity contribution is 6.35. The summed E-state index contributed by atoms with van der Waals surface area (Å²) in [6.45, 7) is 1.41. The minimum atomic E-state index is -1.59. The molecule has 2 aromatic carbocycles. The Morgan fingerprint density at radius 2 is 1.90 bits per heavy atom. The van der Waals surface area contributed by atoms with E-state index >= 15 is 0 Å². The van der Waals surface area contributed by atoms with Gasteiger partial charge in [-0.05, 0) is 31.2 Å². The van der Waals surface area contributed by atoms with Crippen LogP contribution in [0.25, 0.3) is 0 Å². The predicted octanol–water partition coefficient (Wildman–Crippen LogP) is 4.54. The van der Waals surface area contributed by atoms with Crippen molar-refractivity contribution in [1.29, 1.82) is 0 Å². The van der Waals surface area contributed by atoms with E-state index in [2.05, 4.69) is 5.32 Å². The van der Waals surface area contributed by atoms with Crippen LogP contribution < -0.4 is 5.32 Å². The van der Waals surface area contributed by atoms with E-state index in [0.29, 0.717) is 10.6 Å². The van der Waals surface area contributed by atoms with Crippen molar-refractivity contribution in [2.45, 2.75) is 12.5 Å². The molecule has 0 fully saturated rings. The van der Waals surface area contributed by atoms with Crippen LogP contribution in [0.4, 0.5) is 10.1 Å². The number of carbonyl (C=O) groups is 1. The van der Waals surface area contributed by atoms with Crippen LogP contribution in [0.2, 0.25) is 10.0 Å². The Hall–Kier alpha value is -1.78. The lowest BCUT2D eigenvalue weighted by Crippen LogP contribution is -2.41. The third-order valence-electron chi connectivity index (χ3n) is 3.16. The fourth-order valence-electron chi connectivity index (χ4n) is 1.96. The molecule has 2 aromatic rings. The van der Waals surface area contributed by atoms with E-state index in [9.17, 15) is 14.3 Å². The summed E-state index contributed by atoms with van der Waals surface area (Å²) in [5.41, 5.74) is -1.22. The molecule has 0 heterocycles. The van der Waals surface area contributed by atoms with E-state index in [-0.39, 0.29) is 10.7 Å². The molecule has 0 saturated heterocycles. The average Bonchev–Trinajstić information content (AvgIpc) is 2.41. The van der Waals surface area contributed by atoms with Gasteiger partial charge in [0.05, 0.1) is 5.69 Å². The van der Waals surface area contributed by atoms with E-state index in [4.69, 9.17) is 23.2 Å². The number of hydrogen-bond acceptors (Lipinski definition) is 2. The van der Waals surface area contributed by atoms with Crippen LogP contribution in [-0.4, -0.2) is 11.1 Å². The number of carboxylic acid groups (broad SMARTS) is 1. The van der Waals surface area contributed by atoms with Crippen LogP contribution >= 0.6 is 23.2 Å². The first-order valence-corrected chi connectivity index (χ1v) is 6.82. The highest BCUT2D eigenvalue weighted by Crippen LogP contribution is 2.34. The lowest BCUT2D eigenvalue weighted by atomic mass is 9.91. The minimum Gasteiger partial charge on any atom is -0.479 e. The van der Waals surface area contributed by atoms with E-state index in [0.717, 1.165) is 0 Å². The second kappa shape index (κ2) is 5.92. The standard InChI is InChI=1S/C15H12Cl2FNO2/c1-15(14(20)21,10-7-6-9(16)8-11(10)17)19-13-5-3-2-4-12(13)18/h2-8,19H,1H3,(H,20,21). The first-order valence-electron chi connectivity index (χ1n) is 6.06. The topological polar surface area (TPSA) is 49.3 Å². The molecule has 0 aliphatic heterocycles. The summed E-state index contributed by atoms with van der Waals surface area (Å²) in [5, 5.41) is 12.8. The molecule has 0 aliphatic rings. The Morgan fingerprint density at radius 1 is 1.24 bits per heavy atom. The zero-order valence-corrected chi connectivity index (χ0v) is 12.5. The molecule has 1 atom stereocenters. The van der Waals surface area contributed by atoms with Gasteiger partial charge in [-0.2, -0.15) is 0 Å². The van der Waals surface area contributed by atoms with Gasteiger partial charge in [0.2, 0.25) is 0 Å². The van der Waals surface area contributed by atoms with Gasteiger partial charge in [0.25, 0.3) is 0 Å². The molecule has 0 aromatic heterocycles. The average molecular weight is 328 g/mol. The smallest absolute Gasteiger partial charge is 0.333 e. The fraction of sp³-hybridized carbons (Fsp3) is 0.133. The van der Waals surface area contributed by atoms with E-state index in [1.165, 1.54) is 43.3 Å². The molecule has 0 bridgehead atoms. The van der Waals surface area contributed by atoms with Crippen LogP contribution in [-0.2, 0) is 10.3 Å². The van der Waals surface area contributed by atoms with Gasteiger partial charge in [-0.3, -0.25) is 0 Å². The summed E-state index contributed by atoms with van der Waals surface area (Å²) in [6, 6.07) is 10.3. The largest absolute Gasteiger partial charge is 0.479 e. The molecule has 0 saturated carbocycles. The van der Waals surface area contributed by atoms with Crippen LogP contribution in [0.15, 0.2) is 42.5 Å². The van der Waals surface area contributed by atoms with Gasteiger partial charge in [-0.25, -0.2) is 9.18 Å². The van der Waals surface area contributed by atoms with Crippen molar-refractivity contribution in [3.8, 4) is 0 Å². The Bertz CT molecular complexity index is 693. The highest BCUT2D eigenvalue weighted by atomic mass is 35.5. The number of para-hydroxylation sites is 1. The highest BCUT2D eigenvalue weighted by Gasteiger charge is 2.37. The number of rotatable bonds is 4. The van der Waals surface area contributed by atoms with Gasteiger partial charge in [-0.15, -0.1) is 0 Å². The van der Waals surface area contributed by atoms with Crippen LogP contribution in [0.3, 0.4) is 0 Å². The van der Waals surface area contributed by atoms with Crippen molar-refractivity contribution >= 4 is 34.9 Å². The molecule has 110 valence electrons. The molecule has 0 radical (unpaired) electrons. The van der Waals surface area contributed by atoms with Gasteiger partial charge in [-0.1, -0.05) is 41.4 Å². The summed E-state index contributed by atoms with van der Waals surface area (Å²) in [7, 11) is 0. The van der Waals surface area contributed by atoms with Crippen molar-refractivity contribution in [3.63, 3.8) is 0 Å². The SMILES string of the molecule is CC(Nc1ccccc1F)(C(=O)O)c1ccc(Cl)cc1Cl. The second-order valence-electron chi connectivity index (χ2n) is 4.66. The van der Waals surface area contributed by atoms with Gasteiger partial charge >= 0.3 is 5.97 Å². The van der Waals surface area contributed by atoms with Crippen molar-refractivity contribution in [1.82, 2.24) is 0 Å². The lowest BCUT2D eigenvalue weighted by Gasteiger charge is -2.29. The third-order valence-corrected chi connectivity index (χ3v) is 3.70. The summed E-state index contributed by atoms with van der Waals surface area (Å²) in [5.74, 6) is -1.73. The quantitative estimate of drug-likeness (QED) is 0.866. The molecule has 3 nitrogen and oxygen atoms in total. The van der Waals surface area contributed by atoms with Gasteiger partial charge in [0.15, 0.2) is 5.54 Å². The number of carboxylic acids is 1. The van der Waals surface area contributed by atoms with E-state index < -0.39 is 17.3 Å². The Labute approximate surface area is 131 Å². The normalized spacial score (nSPS) is 13.5. The maximum absolute atomic E-state index is 13.8. The lowest BCUT2D eigenvalue weighted by molar-refractivity contribution is -0.142. The molecular weight excluding hydrogens is 316 g/mol. The first kappa shape index (κ1) is 15.6. The fourth-order valence-corrected chi connectivity index (χ4v) is 2.56. The van der Waals surface area contributed by atoms with Crippen molar-refractivity contribution < 1.29 is 14.3 Å². The summed E-state index contributed by atoms with van der Waals surface area (Å²) in [6.07, 6.45) is 0. The summed E-state index contributed by atoms with van der Waals surface area (Å²) >= 11 is 11.9. The second-order valence-corrected chi connectivity index (χ2v) is 5.50. The number of halogens is 3. The zero-order chi connectivity index (χ0) is 15.6. The molecule has 0 aliphatic carbocycles. The summed E-state index contributed by atoms with van der Waals surface area (Å²) in [4.78, 5) is 11.7. The van der Waals surface area contributed by atoms with Crippen LogP contribution in [0.5, 0.6) is 0 Å². The monoisotopic (exact) mass is 327 g/mol. The number of hydrogen-bond donors (Lipinski definition) is 2. The molecule has 0 spiro atoms. The molecular formula is C15H12Cl2FNO2. The van der Waals surface area contributed by atoms with Crippen molar-refractivity contribution in [3.05, 3.63) is 63.9 Å². The van der Waals surface area contributed by atoms with Gasteiger partial charge in [0.1, 0.15) is 5.82 Å². The predicted molar refractivity (Wildman–Crippen MR) is 81.5 cm³/mol. The molecule has 0 amide bonds. The Kier molecular flexibility index (Phi) is 4.40. The molecule has 21 heavy (non-hydrogen) atoms. The van der Waals surface area contributed by atoms with E-state index in [1.807, 2.05) is 0 Å². The minimum absolute atomic E-state index is 0.0772. The molecule has 2 N–H and O–H groups in total. The van der Waals surface area contributed by atoms with E-state index in [1.54, 1.807) is 6.07 Å². The van der Waals surface area contributed by atoms with Crippen LogP contribution in [0.1, 0.15) is 12.5 Å². The number of aliphatic carboxylic acids is 1. The molecule has 1 unspecified atom stereocenters. The van der Waals surface area contributed by atoms with Crippen molar-refractivity contribution in [2.75, 3.05) is 5.32 Å². The Morgan fingerprint density at radius 3 is 2.48 bits per heavy atom. The summed E-state index contributed by atoms with van der Waals surface area (Å²) < 4.78 is 13.8. The maximum Gasteiger partial charge on any atom is 0.333 e. The van der Waals surface area contributed by atoms with Gasteiger partial charge < -0.3 is 10.4 Å². The number of benzene rings is 2. The van der Waals surface area contributed by atoms with Crippen molar-refractivity contribution in [2.24, 2.45) is 0 Å². The molecule has 2 rings (SSSR count). The Balaban J connectivity index is 2.51. The van der Waals surface area contributed by atoms with Crippen LogP contribution in [0, 0.1) is 5.82 Å². The zero-order valence-electron chi connectivity index (χ0n) is 11.0.